The van der Waals surface area contributed by atoms with Gasteiger partial charge >= 0.3 is 0 Å². The fraction of sp³-hybridized carbons (Fsp3) is 0. The number of carbonyl (C=O) groups excluding carboxylic acids is 2. The van der Waals surface area contributed by atoms with E-state index in [2.05, 4.69) is 20.9 Å². The minimum Gasteiger partial charge on any atom is -0.399 e. The number of nitrogens with zero attached hydrogens (tertiary/aromatic N) is 2. The molecule has 18 heavy (non-hydrogen) atoms. The first-order valence-corrected chi connectivity index (χ1v) is 6.58. The number of amides is 2. The molecule has 0 radical (unpaired) electrons. The largest absolute Gasteiger partial charge is 0.399 e. The maximum absolute atomic E-state index is 12.2. The Hall–Kier alpha value is -1.73. The number of imide groups is 1. The van der Waals surface area contributed by atoms with Gasteiger partial charge in [-0.15, -0.1) is 0 Å². The molecule has 0 fully saturated rings. The highest BCUT2D eigenvalue weighted by Crippen LogP contribution is 2.33. The Balaban J connectivity index is 2.12. The first kappa shape index (κ1) is 11.4. The number of thiazole rings is 1. The van der Waals surface area contributed by atoms with Gasteiger partial charge in [-0.25, -0.2) is 9.88 Å². The lowest BCUT2D eigenvalue weighted by molar-refractivity contribution is 0.0926. The molecular formula is C11H6BrN3O2S. The van der Waals surface area contributed by atoms with E-state index in [1.807, 2.05) is 0 Å². The first-order valence-electron chi connectivity index (χ1n) is 4.97. The number of hydrogen-bond acceptors (Lipinski definition) is 5. The number of fused-ring (bicyclic) bond motifs is 1. The lowest BCUT2D eigenvalue weighted by Crippen LogP contribution is -2.29. The van der Waals surface area contributed by atoms with Crippen LogP contribution in [0.3, 0.4) is 0 Å². The van der Waals surface area contributed by atoms with E-state index in [9.17, 15) is 9.59 Å². The maximum Gasteiger partial charge on any atom is 0.268 e. The lowest BCUT2D eigenvalue weighted by Gasteiger charge is -2.08. The van der Waals surface area contributed by atoms with E-state index in [1.165, 1.54) is 17.4 Å². The van der Waals surface area contributed by atoms with Crippen molar-refractivity contribution in [2.75, 3.05) is 10.6 Å². The summed E-state index contributed by atoms with van der Waals surface area (Å²) >= 11 is 4.48. The molecule has 2 N–H and O–H groups in total. The number of rotatable bonds is 1. The molecule has 1 aliphatic heterocycles. The van der Waals surface area contributed by atoms with Crippen LogP contribution in [0, 0.1) is 0 Å². The maximum atomic E-state index is 12.2. The molecule has 2 amide bonds. The van der Waals surface area contributed by atoms with Crippen molar-refractivity contribution < 1.29 is 9.59 Å². The highest BCUT2D eigenvalue weighted by atomic mass is 79.9. The van der Waals surface area contributed by atoms with Gasteiger partial charge in [0.1, 0.15) is 0 Å². The van der Waals surface area contributed by atoms with Crippen molar-refractivity contribution in [1.29, 1.82) is 0 Å². The van der Waals surface area contributed by atoms with Crippen LogP contribution in [0.1, 0.15) is 20.7 Å². The quantitative estimate of drug-likeness (QED) is 0.645. The minimum atomic E-state index is -0.385. The van der Waals surface area contributed by atoms with Crippen molar-refractivity contribution in [3.63, 3.8) is 0 Å². The topological polar surface area (TPSA) is 76.3 Å². The zero-order chi connectivity index (χ0) is 12.9. The second-order valence-corrected chi connectivity index (χ2v) is 6.09. The molecule has 2 aromatic rings. The molecule has 0 spiro atoms. The summed E-state index contributed by atoms with van der Waals surface area (Å²) in [6.45, 7) is 0. The van der Waals surface area contributed by atoms with Gasteiger partial charge in [0.25, 0.3) is 11.8 Å². The summed E-state index contributed by atoms with van der Waals surface area (Å²) in [4.78, 5) is 29.4. The molecular weight excluding hydrogens is 318 g/mol. The van der Waals surface area contributed by atoms with Crippen molar-refractivity contribution in [3.05, 3.63) is 39.3 Å². The Morgan fingerprint density at radius 1 is 1.22 bits per heavy atom. The molecule has 0 bridgehead atoms. The molecule has 0 saturated heterocycles. The van der Waals surface area contributed by atoms with Gasteiger partial charge in [-0.05, 0) is 34.1 Å². The van der Waals surface area contributed by atoms with E-state index in [-0.39, 0.29) is 11.8 Å². The Bertz CT molecular complexity index is 683. The predicted molar refractivity (Wildman–Crippen MR) is 71.8 cm³/mol. The van der Waals surface area contributed by atoms with Crippen LogP contribution in [0.15, 0.2) is 28.2 Å². The zero-order valence-electron chi connectivity index (χ0n) is 8.88. The Morgan fingerprint density at radius 2 is 1.94 bits per heavy atom. The van der Waals surface area contributed by atoms with E-state index in [4.69, 9.17) is 5.73 Å². The summed E-state index contributed by atoms with van der Waals surface area (Å²) in [5.41, 5.74) is 6.77. The van der Waals surface area contributed by atoms with Crippen molar-refractivity contribution in [3.8, 4) is 0 Å². The molecule has 0 saturated carbocycles. The van der Waals surface area contributed by atoms with Crippen LogP contribution >= 0.6 is 27.3 Å². The van der Waals surface area contributed by atoms with E-state index in [0.717, 1.165) is 8.69 Å². The van der Waals surface area contributed by atoms with Crippen LogP contribution in [0.2, 0.25) is 0 Å². The summed E-state index contributed by atoms with van der Waals surface area (Å²) < 4.78 is 0.758. The third-order valence-corrected chi connectivity index (χ3v) is 4.03. The summed E-state index contributed by atoms with van der Waals surface area (Å²) in [6, 6.07) is 4.68. The highest BCUT2D eigenvalue weighted by Gasteiger charge is 2.38. The van der Waals surface area contributed by atoms with Crippen molar-refractivity contribution in [1.82, 2.24) is 4.98 Å². The molecule has 7 heteroatoms. The van der Waals surface area contributed by atoms with Crippen LogP contribution in [-0.4, -0.2) is 16.8 Å². The van der Waals surface area contributed by atoms with Gasteiger partial charge in [0.15, 0.2) is 0 Å². The normalized spacial score (nSPS) is 14.2. The van der Waals surface area contributed by atoms with Crippen molar-refractivity contribution >= 4 is 49.9 Å². The molecule has 1 aromatic carbocycles. The van der Waals surface area contributed by atoms with E-state index < -0.39 is 0 Å². The number of nitrogens with two attached hydrogens (primary N) is 1. The van der Waals surface area contributed by atoms with E-state index in [0.29, 0.717) is 21.9 Å². The minimum absolute atomic E-state index is 0.325. The Labute approximate surface area is 114 Å². The molecule has 90 valence electrons. The third kappa shape index (κ3) is 1.55. The monoisotopic (exact) mass is 323 g/mol. The fourth-order valence-corrected chi connectivity index (χ4v) is 2.96. The summed E-state index contributed by atoms with van der Waals surface area (Å²) in [7, 11) is 0. The van der Waals surface area contributed by atoms with E-state index in [1.54, 1.807) is 18.3 Å². The van der Waals surface area contributed by atoms with Crippen LogP contribution in [0.4, 0.5) is 10.8 Å². The van der Waals surface area contributed by atoms with Crippen LogP contribution in [0.5, 0.6) is 0 Å². The average molecular weight is 324 g/mol. The Kier molecular flexibility index (Phi) is 2.46. The molecule has 0 atom stereocenters. The number of anilines is 2. The standard InChI is InChI=1S/C11H6BrN3O2S/c12-8-4-14-11(18-8)15-9(16)6-2-1-5(13)3-7(6)10(15)17/h1-4H,13H2. The van der Waals surface area contributed by atoms with Gasteiger partial charge in [-0.1, -0.05) is 11.3 Å². The zero-order valence-corrected chi connectivity index (χ0v) is 11.3. The third-order valence-electron chi connectivity index (χ3n) is 2.57. The summed E-state index contributed by atoms with van der Waals surface area (Å²) in [6.07, 6.45) is 1.55. The summed E-state index contributed by atoms with van der Waals surface area (Å²) in [5, 5.41) is 0.353. The lowest BCUT2D eigenvalue weighted by atomic mass is 10.1. The Morgan fingerprint density at radius 3 is 2.61 bits per heavy atom. The van der Waals surface area contributed by atoms with Crippen LogP contribution in [-0.2, 0) is 0 Å². The van der Waals surface area contributed by atoms with Gasteiger partial charge in [-0.2, -0.15) is 0 Å². The second kappa shape index (κ2) is 3.89. The number of hydrogen-bond donors (Lipinski definition) is 1. The van der Waals surface area contributed by atoms with Gasteiger partial charge < -0.3 is 5.73 Å². The molecule has 0 unspecified atom stereocenters. The van der Waals surface area contributed by atoms with Crippen LogP contribution in [0.25, 0.3) is 0 Å². The molecule has 3 rings (SSSR count). The smallest absolute Gasteiger partial charge is 0.268 e. The first-order chi connectivity index (χ1) is 8.58. The number of nitrogen functional groups attached to an aromatic ring is 1. The average Bonchev–Trinajstić information content (AvgIpc) is 2.84. The van der Waals surface area contributed by atoms with Crippen LogP contribution < -0.4 is 10.6 Å². The molecule has 1 aromatic heterocycles. The molecule has 1 aliphatic rings. The number of aromatic nitrogens is 1. The number of halogens is 1. The number of benzene rings is 1. The SMILES string of the molecule is Nc1ccc2c(c1)C(=O)N(c1ncc(Br)s1)C2=O. The molecule has 5 nitrogen and oxygen atoms in total. The second-order valence-electron chi connectivity index (χ2n) is 3.70. The number of carbonyl (C=O) groups is 2. The predicted octanol–water partition coefficient (Wildman–Crippen LogP) is 2.29. The summed E-state index contributed by atoms with van der Waals surface area (Å²) in [5.74, 6) is -0.749. The fourth-order valence-electron chi connectivity index (χ4n) is 1.78. The van der Waals surface area contributed by atoms with Crippen molar-refractivity contribution in [2.45, 2.75) is 0 Å². The highest BCUT2D eigenvalue weighted by molar-refractivity contribution is 9.11. The van der Waals surface area contributed by atoms with E-state index >= 15 is 0 Å². The van der Waals surface area contributed by atoms with Gasteiger partial charge in [0.2, 0.25) is 5.13 Å². The molecule has 0 aliphatic carbocycles. The van der Waals surface area contributed by atoms with Crippen molar-refractivity contribution in [2.24, 2.45) is 0 Å². The van der Waals surface area contributed by atoms with Gasteiger partial charge in [0, 0.05) is 5.69 Å². The molecule has 2 heterocycles. The van der Waals surface area contributed by atoms with Gasteiger partial charge in [0.05, 0.1) is 21.1 Å². The van der Waals surface area contributed by atoms with Gasteiger partial charge in [-0.3, -0.25) is 9.59 Å².